The highest BCUT2D eigenvalue weighted by Gasteiger charge is 2.42. The number of aliphatic hydroxyl groups excluding tert-OH is 1. The molecular formula is C13H26N2O. The lowest BCUT2D eigenvalue weighted by molar-refractivity contribution is 0.0771. The van der Waals surface area contributed by atoms with Crippen molar-refractivity contribution >= 4 is 0 Å². The molecule has 3 nitrogen and oxygen atoms in total. The molecule has 2 aliphatic heterocycles. The number of nitrogens with zero attached hydrogens (tertiary/aromatic N) is 1. The third-order valence-corrected chi connectivity index (χ3v) is 4.54. The van der Waals surface area contributed by atoms with Gasteiger partial charge in [0.25, 0.3) is 0 Å². The second-order valence-corrected chi connectivity index (χ2v) is 5.77. The lowest BCUT2D eigenvalue weighted by Gasteiger charge is -2.42. The van der Waals surface area contributed by atoms with Gasteiger partial charge in [-0.1, -0.05) is 6.42 Å². The summed E-state index contributed by atoms with van der Waals surface area (Å²) in [6.07, 6.45) is 4.93. The molecule has 0 aliphatic carbocycles. The van der Waals surface area contributed by atoms with Crippen LogP contribution in [0.3, 0.4) is 0 Å². The monoisotopic (exact) mass is 226 g/mol. The number of hydrogen-bond donors (Lipinski definition) is 2. The SMILES string of the molecule is CC(C)N1CCC(C2(CO)CCCCN2)C1. The van der Waals surface area contributed by atoms with Gasteiger partial charge in [0, 0.05) is 18.1 Å². The van der Waals surface area contributed by atoms with Gasteiger partial charge in [0.1, 0.15) is 0 Å². The quantitative estimate of drug-likeness (QED) is 0.759. The molecule has 2 N–H and O–H groups in total. The minimum atomic E-state index is 0.0297. The molecule has 2 heterocycles. The van der Waals surface area contributed by atoms with Gasteiger partial charge >= 0.3 is 0 Å². The fourth-order valence-electron chi connectivity index (χ4n) is 3.31. The molecule has 2 saturated heterocycles. The Balaban J connectivity index is 2.00. The van der Waals surface area contributed by atoms with Gasteiger partial charge in [0.15, 0.2) is 0 Å². The average molecular weight is 226 g/mol. The van der Waals surface area contributed by atoms with E-state index < -0.39 is 0 Å². The van der Waals surface area contributed by atoms with Crippen LogP contribution in [0.25, 0.3) is 0 Å². The number of rotatable bonds is 3. The van der Waals surface area contributed by atoms with Crippen LogP contribution < -0.4 is 5.32 Å². The van der Waals surface area contributed by atoms with Crippen molar-refractivity contribution in [3.05, 3.63) is 0 Å². The van der Waals surface area contributed by atoms with Crippen LogP contribution in [0.15, 0.2) is 0 Å². The Morgan fingerprint density at radius 2 is 2.25 bits per heavy atom. The van der Waals surface area contributed by atoms with Crippen LogP contribution in [0, 0.1) is 5.92 Å². The van der Waals surface area contributed by atoms with Gasteiger partial charge in [0.05, 0.1) is 6.61 Å². The molecule has 0 aromatic carbocycles. The predicted molar refractivity (Wildman–Crippen MR) is 66.5 cm³/mol. The van der Waals surface area contributed by atoms with Crippen LogP contribution in [0.4, 0.5) is 0 Å². The maximum atomic E-state index is 9.75. The van der Waals surface area contributed by atoms with Crippen molar-refractivity contribution in [3.63, 3.8) is 0 Å². The Morgan fingerprint density at radius 3 is 2.75 bits per heavy atom. The molecule has 0 spiro atoms. The minimum absolute atomic E-state index is 0.0297. The van der Waals surface area contributed by atoms with Crippen LogP contribution in [0.5, 0.6) is 0 Å². The molecule has 2 unspecified atom stereocenters. The summed E-state index contributed by atoms with van der Waals surface area (Å²) < 4.78 is 0. The van der Waals surface area contributed by atoms with Gasteiger partial charge in [-0.15, -0.1) is 0 Å². The Kier molecular flexibility index (Phi) is 3.88. The summed E-state index contributed by atoms with van der Waals surface area (Å²) in [5.41, 5.74) is 0.0297. The number of likely N-dealkylation sites (tertiary alicyclic amines) is 1. The predicted octanol–water partition coefficient (Wildman–Crippen LogP) is 1.22. The third-order valence-electron chi connectivity index (χ3n) is 4.54. The van der Waals surface area contributed by atoms with Crippen LogP contribution in [-0.2, 0) is 0 Å². The Hall–Kier alpha value is -0.120. The molecule has 2 atom stereocenters. The minimum Gasteiger partial charge on any atom is -0.394 e. The van der Waals surface area contributed by atoms with E-state index in [-0.39, 0.29) is 5.54 Å². The first kappa shape index (κ1) is 12.3. The van der Waals surface area contributed by atoms with Crippen LogP contribution in [-0.4, -0.2) is 47.8 Å². The van der Waals surface area contributed by atoms with E-state index in [1.165, 1.54) is 25.8 Å². The highest BCUT2D eigenvalue weighted by molar-refractivity contribution is 5.00. The zero-order valence-electron chi connectivity index (χ0n) is 10.7. The van der Waals surface area contributed by atoms with Crippen molar-refractivity contribution < 1.29 is 5.11 Å². The van der Waals surface area contributed by atoms with E-state index in [4.69, 9.17) is 0 Å². The molecule has 0 aromatic rings. The summed E-state index contributed by atoms with van der Waals surface area (Å²) in [5.74, 6) is 0.639. The first-order chi connectivity index (χ1) is 7.68. The highest BCUT2D eigenvalue weighted by Crippen LogP contribution is 2.34. The van der Waals surface area contributed by atoms with E-state index in [9.17, 15) is 5.11 Å². The van der Waals surface area contributed by atoms with Crippen molar-refractivity contribution in [2.75, 3.05) is 26.2 Å². The number of piperidine rings is 1. The van der Waals surface area contributed by atoms with Crippen molar-refractivity contribution in [1.29, 1.82) is 0 Å². The second-order valence-electron chi connectivity index (χ2n) is 5.77. The van der Waals surface area contributed by atoms with Crippen molar-refractivity contribution in [1.82, 2.24) is 10.2 Å². The summed E-state index contributed by atoms with van der Waals surface area (Å²) in [4.78, 5) is 2.54. The molecule has 0 amide bonds. The lowest BCUT2D eigenvalue weighted by atomic mass is 9.77. The Labute approximate surface area is 99.2 Å². The maximum Gasteiger partial charge on any atom is 0.0616 e. The molecule has 2 aliphatic rings. The number of aliphatic hydroxyl groups is 1. The summed E-state index contributed by atoms with van der Waals surface area (Å²) in [6.45, 7) is 8.28. The standard InChI is InChI=1S/C13H26N2O/c1-11(2)15-8-5-12(9-15)13(10-16)6-3-4-7-14-13/h11-12,14,16H,3-10H2,1-2H3. The van der Waals surface area contributed by atoms with Crippen molar-refractivity contribution in [3.8, 4) is 0 Å². The molecule has 0 bridgehead atoms. The van der Waals surface area contributed by atoms with E-state index in [1.54, 1.807) is 0 Å². The topological polar surface area (TPSA) is 35.5 Å². The molecular weight excluding hydrogens is 200 g/mol. The maximum absolute atomic E-state index is 9.75. The summed E-state index contributed by atoms with van der Waals surface area (Å²) in [5, 5.41) is 13.4. The zero-order chi connectivity index (χ0) is 11.6. The van der Waals surface area contributed by atoms with E-state index in [1.807, 2.05) is 0 Å². The smallest absolute Gasteiger partial charge is 0.0616 e. The van der Waals surface area contributed by atoms with Gasteiger partial charge in [-0.05, 0) is 52.1 Å². The summed E-state index contributed by atoms with van der Waals surface area (Å²) in [6, 6.07) is 0.643. The second kappa shape index (κ2) is 5.03. The fourth-order valence-corrected chi connectivity index (χ4v) is 3.31. The molecule has 16 heavy (non-hydrogen) atoms. The summed E-state index contributed by atoms with van der Waals surface area (Å²) >= 11 is 0. The highest BCUT2D eigenvalue weighted by atomic mass is 16.3. The van der Waals surface area contributed by atoms with Crippen LogP contribution >= 0.6 is 0 Å². The van der Waals surface area contributed by atoms with Gasteiger partial charge in [-0.25, -0.2) is 0 Å². The molecule has 94 valence electrons. The third kappa shape index (κ3) is 2.27. The lowest BCUT2D eigenvalue weighted by Crippen LogP contribution is -2.57. The fraction of sp³-hybridized carbons (Fsp3) is 1.00. The zero-order valence-corrected chi connectivity index (χ0v) is 10.7. The summed E-state index contributed by atoms with van der Waals surface area (Å²) in [7, 11) is 0. The van der Waals surface area contributed by atoms with Gasteiger partial charge in [-0.2, -0.15) is 0 Å². The van der Waals surface area contributed by atoms with Crippen LogP contribution in [0.2, 0.25) is 0 Å². The average Bonchev–Trinajstić information content (AvgIpc) is 2.80. The first-order valence-corrected chi connectivity index (χ1v) is 6.78. The van der Waals surface area contributed by atoms with E-state index in [2.05, 4.69) is 24.1 Å². The van der Waals surface area contributed by atoms with Gasteiger partial charge in [0.2, 0.25) is 0 Å². The van der Waals surface area contributed by atoms with E-state index >= 15 is 0 Å². The number of hydrogen-bond acceptors (Lipinski definition) is 3. The molecule has 2 rings (SSSR count). The van der Waals surface area contributed by atoms with Crippen molar-refractivity contribution in [2.24, 2.45) is 5.92 Å². The molecule has 2 fully saturated rings. The van der Waals surface area contributed by atoms with Crippen LogP contribution in [0.1, 0.15) is 39.5 Å². The van der Waals surface area contributed by atoms with Gasteiger partial charge in [-0.3, -0.25) is 0 Å². The molecule has 0 saturated carbocycles. The molecule has 0 radical (unpaired) electrons. The number of nitrogens with one attached hydrogen (secondary N) is 1. The normalized spacial score (nSPS) is 37.1. The molecule has 0 aromatic heterocycles. The van der Waals surface area contributed by atoms with Gasteiger partial charge < -0.3 is 15.3 Å². The van der Waals surface area contributed by atoms with E-state index in [0.29, 0.717) is 18.6 Å². The Bertz CT molecular complexity index is 224. The largest absolute Gasteiger partial charge is 0.394 e. The Morgan fingerprint density at radius 1 is 1.44 bits per heavy atom. The first-order valence-electron chi connectivity index (χ1n) is 6.78. The molecule has 3 heteroatoms. The van der Waals surface area contributed by atoms with E-state index in [0.717, 1.165) is 19.5 Å². The van der Waals surface area contributed by atoms with Crippen molar-refractivity contribution in [2.45, 2.75) is 51.1 Å².